The maximum Gasteiger partial charge on any atom is 0.198 e. The summed E-state index contributed by atoms with van der Waals surface area (Å²) in [7, 11) is 0. The quantitative estimate of drug-likeness (QED) is 0.479. The number of ether oxygens (including phenoxy) is 1. The number of aromatic nitrogens is 4. The van der Waals surface area contributed by atoms with E-state index in [1.165, 1.54) is 0 Å². The van der Waals surface area contributed by atoms with Gasteiger partial charge in [0, 0.05) is 13.2 Å². The van der Waals surface area contributed by atoms with Gasteiger partial charge in [0.15, 0.2) is 17.1 Å². The minimum absolute atomic E-state index is 0.250. The number of rotatable bonds is 6. The Bertz CT molecular complexity index is 991. The molecule has 0 bridgehead atoms. The van der Waals surface area contributed by atoms with Crippen molar-refractivity contribution in [2.24, 2.45) is 0 Å². The molecule has 6 heteroatoms. The highest BCUT2D eigenvalue weighted by Gasteiger charge is 2.16. The monoisotopic (exact) mass is 352 g/mol. The number of para-hydroxylation sites is 2. The smallest absolute Gasteiger partial charge is 0.198 e. The number of thiophene rings is 1. The molecule has 0 atom stereocenters. The van der Waals surface area contributed by atoms with Gasteiger partial charge in [-0.15, -0.1) is 11.3 Å². The average molecular weight is 352 g/mol. The van der Waals surface area contributed by atoms with Crippen LogP contribution in [0.3, 0.4) is 0 Å². The summed E-state index contributed by atoms with van der Waals surface area (Å²) >= 11 is 1.68. The van der Waals surface area contributed by atoms with E-state index in [-0.39, 0.29) is 6.10 Å². The van der Waals surface area contributed by atoms with Crippen molar-refractivity contribution in [3.8, 4) is 10.7 Å². The first-order chi connectivity index (χ1) is 12.2. The van der Waals surface area contributed by atoms with Gasteiger partial charge in [-0.2, -0.15) is 0 Å². The van der Waals surface area contributed by atoms with Crippen LogP contribution in [0.15, 0.2) is 41.8 Å². The summed E-state index contributed by atoms with van der Waals surface area (Å²) in [6.07, 6.45) is 1.16. The fraction of sp³-hybridized carbons (Fsp3) is 0.316. The van der Waals surface area contributed by atoms with Crippen molar-refractivity contribution in [2.75, 3.05) is 6.61 Å². The summed E-state index contributed by atoms with van der Waals surface area (Å²) in [6.45, 7) is 5.65. The third kappa shape index (κ3) is 3.27. The van der Waals surface area contributed by atoms with Gasteiger partial charge in [0.25, 0.3) is 0 Å². The van der Waals surface area contributed by atoms with E-state index in [9.17, 15) is 0 Å². The van der Waals surface area contributed by atoms with Crippen molar-refractivity contribution in [3.05, 3.63) is 41.8 Å². The largest absolute Gasteiger partial charge is 0.379 e. The third-order valence-electron chi connectivity index (χ3n) is 3.98. The van der Waals surface area contributed by atoms with Crippen LogP contribution in [0.2, 0.25) is 0 Å². The molecule has 128 valence electrons. The molecule has 4 rings (SSSR count). The van der Waals surface area contributed by atoms with Crippen molar-refractivity contribution in [2.45, 2.75) is 32.9 Å². The molecule has 0 saturated heterocycles. The molecule has 0 spiro atoms. The van der Waals surface area contributed by atoms with E-state index in [0.717, 1.165) is 47.0 Å². The van der Waals surface area contributed by atoms with Gasteiger partial charge in [0.05, 0.1) is 22.0 Å². The molecule has 1 aromatic carbocycles. The summed E-state index contributed by atoms with van der Waals surface area (Å²) in [5.41, 5.74) is 3.31. The Labute approximate surface area is 150 Å². The Morgan fingerprint density at radius 2 is 1.84 bits per heavy atom. The lowest BCUT2D eigenvalue weighted by Crippen LogP contribution is -2.08. The normalized spacial score (nSPS) is 11.8. The topological polar surface area (TPSA) is 52.8 Å². The maximum absolute atomic E-state index is 5.69. The van der Waals surface area contributed by atoms with E-state index in [2.05, 4.69) is 29.9 Å². The molecule has 0 aliphatic heterocycles. The molecule has 0 radical (unpaired) electrons. The molecule has 3 heterocycles. The maximum atomic E-state index is 5.69. The van der Waals surface area contributed by atoms with Crippen molar-refractivity contribution in [1.82, 2.24) is 19.5 Å². The summed E-state index contributed by atoms with van der Waals surface area (Å²) in [5.74, 6) is 0.935. The zero-order chi connectivity index (χ0) is 17.2. The van der Waals surface area contributed by atoms with Gasteiger partial charge in [0.2, 0.25) is 0 Å². The van der Waals surface area contributed by atoms with Gasteiger partial charge in [-0.3, -0.25) is 0 Å². The van der Waals surface area contributed by atoms with Crippen LogP contribution < -0.4 is 0 Å². The van der Waals surface area contributed by atoms with Crippen molar-refractivity contribution in [1.29, 1.82) is 0 Å². The molecule has 5 nitrogen and oxygen atoms in total. The molecule has 0 N–H and O–H groups in total. The van der Waals surface area contributed by atoms with Crippen LogP contribution in [0.4, 0.5) is 0 Å². The van der Waals surface area contributed by atoms with E-state index >= 15 is 0 Å². The minimum Gasteiger partial charge on any atom is -0.379 e. The third-order valence-corrected chi connectivity index (χ3v) is 4.84. The molecule has 0 fully saturated rings. The second kappa shape index (κ2) is 6.90. The van der Waals surface area contributed by atoms with Crippen LogP contribution in [0.1, 0.15) is 20.3 Å². The molecule has 0 aliphatic rings. The van der Waals surface area contributed by atoms with Crippen LogP contribution >= 0.6 is 11.3 Å². The number of fused-ring (bicyclic) bond motifs is 2. The predicted molar refractivity (Wildman–Crippen MR) is 102 cm³/mol. The predicted octanol–water partition coefficient (Wildman–Crippen LogP) is 4.52. The summed E-state index contributed by atoms with van der Waals surface area (Å²) < 4.78 is 7.86. The van der Waals surface area contributed by atoms with E-state index in [1.807, 2.05) is 30.3 Å². The molecule has 0 unspecified atom stereocenters. The van der Waals surface area contributed by atoms with Crippen molar-refractivity contribution >= 4 is 33.7 Å². The summed E-state index contributed by atoms with van der Waals surface area (Å²) in [6, 6.07) is 12.1. The number of imidazole rings is 1. The molecule has 0 saturated carbocycles. The lowest BCUT2D eigenvalue weighted by molar-refractivity contribution is 0.0750. The number of nitrogens with zero attached hydrogens (tertiary/aromatic N) is 4. The Balaban J connectivity index is 1.78. The number of benzene rings is 1. The van der Waals surface area contributed by atoms with E-state index in [0.29, 0.717) is 5.65 Å². The molecule has 25 heavy (non-hydrogen) atoms. The van der Waals surface area contributed by atoms with Gasteiger partial charge < -0.3 is 9.30 Å². The van der Waals surface area contributed by atoms with Crippen LogP contribution in [0, 0.1) is 0 Å². The van der Waals surface area contributed by atoms with E-state index in [1.54, 1.807) is 11.3 Å². The van der Waals surface area contributed by atoms with Gasteiger partial charge in [-0.25, -0.2) is 15.0 Å². The first-order valence-corrected chi connectivity index (χ1v) is 9.39. The highest BCUT2D eigenvalue weighted by molar-refractivity contribution is 7.13. The zero-order valence-electron chi connectivity index (χ0n) is 14.3. The molecule has 0 aliphatic carbocycles. The Kier molecular flexibility index (Phi) is 4.46. The minimum atomic E-state index is 0.250. The summed E-state index contributed by atoms with van der Waals surface area (Å²) in [5, 5.41) is 2.07. The van der Waals surface area contributed by atoms with Gasteiger partial charge in [-0.1, -0.05) is 18.2 Å². The van der Waals surface area contributed by atoms with E-state index < -0.39 is 0 Å². The van der Waals surface area contributed by atoms with Gasteiger partial charge in [0.1, 0.15) is 0 Å². The van der Waals surface area contributed by atoms with E-state index in [4.69, 9.17) is 19.7 Å². The lowest BCUT2D eigenvalue weighted by Gasteiger charge is -2.10. The lowest BCUT2D eigenvalue weighted by atomic mass is 10.3. The second-order valence-electron chi connectivity index (χ2n) is 6.20. The fourth-order valence-electron chi connectivity index (χ4n) is 2.85. The van der Waals surface area contributed by atoms with Crippen molar-refractivity contribution in [3.63, 3.8) is 0 Å². The van der Waals surface area contributed by atoms with Crippen LogP contribution in [-0.4, -0.2) is 32.2 Å². The Morgan fingerprint density at radius 1 is 1.04 bits per heavy atom. The number of hydrogen-bond acceptors (Lipinski definition) is 5. The molecule has 4 aromatic rings. The highest BCUT2D eigenvalue weighted by Crippen LogP contribution is 2.28. The first kappa shape index (κ1) is 16.2. The van der Waals surface area contributed by atoms with Gasteiger partial charge >= 0.3 is 0 Å². The summed E-state index contributed by atoms with van der Waals surface area (Å²) in [4.78, 5) is 15.4. The Morgan fingerprint density at radius 3 is 2.56 bits per heavy atom. The standard InChI is InChI=1S/C19H20N4OS/c1-13(2)24-11-6-10-23-18(16-9-5-12-25-16)22-17-19(23)21-15-8-4-3-7-14(15)20-17/h3-5,7-9,12-13H,6,10-11H2,1-2H3. The number of aryl methyl sites for hydroxylation is 1. The molecular formula is C19H20N4OS. The highest BCUT2D eigenvalue weighted by atomic mass is 32.1. The molecular weight excluding hydrogens is 332 g/mol. The zero-order valence-corrected chi connectivity index (χ0v) is 15.2. The fourth-order valence-corrected chi connectivity index (χ4v) is 3.57. The molecule has 3 aromatic heterocycles. The van der Waals surface area contributed by atoms with Crippen LogP contribution in [0.25, 0.3) is 33.0 Å². The van der Waals surface area contributed by atoms with Crippen LogP contribution in [-0.2, 0) is 11.3 Å². The number of hydrogen-bond donors (Lipinski definition) is 0. The van der Waals surface area contributed by atoms with Gasteiger partial charge in [-0.05, 0) is 43.8 Å². The van der Waals surface area contributed by atoms with Crippen molar-refractivity contribution < 1.29 is 4.74 Å². The Hall–Kier alpha value is -2.31. The SMILES string of the molecule is CC(C)OCCCn1c(-c2cccs2)nc2nc3ccccc3nc21. The van der Waals surface area contributed by atoms with Crippen LogP contribution in [0.5, 0.6) is 0 Å². The average Bonchev–Trinajstić information content (AvgIpc) is 3.24. The molecule has 0 amide bonds. The first-order valence-electron chi connectivity index (χ1n) is 8.51. The second-order valence-corrected chi connectivity index (χ2v) is 7.14.